The van der Waals surface area contributed by atoms with Crippen LogP contribution in [0, 0.1) is 0 Å². The van der Waals surface area contributed by atoms with Crippen molar-refractivity contribution in [3.05, 3.63) is 76.6 Å². The van der Waals surface area contributed by atoms with E-state index in [0.717, 1.165) is 24.2 Å². The molecule has 0 unspecified atom stereocenters. The number of halogens is 1. The van der Waals surface area contributed by atoms with Crippen molar-refractivity contribution in [2.45, 2.75) is 19.4 Å². The maximum Gasteiger partial charge on any atom is 0.254 e. The number of hydrogen-bond acceptors (Lipinski definition) is 3. The van der Waals surface area contributed by atoms with Crippen molar-refractivity contribution in [1.82, 2.24) is 15.1 Å². The van der Waals surface area contributed by atoms with Crippen LogP contribution in [0.1, 0.15) is 27.9 Å². The Morgan fingerprint density at radius 1 is 1.22 bits per heavy atom. The number of aryl methyl sites for hydroxylation is 1. The van der Waals surface area contributed by atoms with E-state index in [9.17, 15) is 4.79 Å². The summed E-state index contributed by atoms with van der Waals surface area (Å²) in [5.41, 5.74) is 5.15. The average molecular weight is 381 g/mol. The highest BCUT2D eigenvalue weighted by molar-refractivity contribution is 6.30. The van der Waals surface area contributed by atoms with Crippen LogP contribution in [-0.4, -0.2) is 29.3 Å². The third-order valence-corrected chi connectivity index (χ3v) is 5.14. The van der Waals surface area contributed by atoms with Crippen molar-refractivity contribution in [1.29, 1.82) is 0 Å². The summed E-state index contributed by atoms with van der Waals surface area (Å²) in [7, 11) is 2.12. The SMILES string of the molecule is CN1CCCc2cc(CNC(=O)c3cnn(-c4ccc(Cl)cc4)c3)ccc21. The smallest absolute Gasteiger partial charge is 0.254 e. The van der Waals surface area contributed by atoms with E-state index in [0.29, 0.717) is 17.1 Å². The monoisotopic (exact) mass is 380 g/mol. The number of fused-ring (bicyclic) bond motifs is 1. The lowest BCUT2D eigenvalue weighted by molar-refractivity contribution is 0.0951. The van der Waals surface area contributed by atoms with Gasteiger partial charge in [0, 0.05) is 37.0 Å². The predicted molar refractivity (Wildman–Crippen MR) is 108 cm³/mol. The summed E-state index contributed by atoms with van der Waals surface area (Å²) in [5.74, 6) is -0.134. The molecule has 0 bridgehead atoms. The Balaban J connectivity index is 1.42. The molecule has 0 spiro atoms. The first kappa shape index (κ1) is 17.6. The molecular weight excluding hydrogens is 360 g/mol. The van der Waals surface area contributed by atoms with E-state index in [1.54, 1.807) is 29.2 Å². The van der Waals surface area contributed by atoms with Gasteiger partial charge in [-0.15, -0.1) is 0 Å². The molecule has 0 fully saturated rings. The zero-order valence-corrected chi connectivity index (χ0v) is 15.9. The zero-order valence-electron chi connectivity index (χ0n) is 15.2. The summed E-state index contributed by atoms with van der Waals surface area (Å²) in [5, 5.41) is 7.91. The second-order valence-corrected chi connectivity index (χ2v) is 7.26. The lowest BCUT2D eigenvalue weighted by Crippen LogP contribution is -2.25. The lowest BCUT2D eigenvalue weighted by Gasteiger charge is -2.27. The van der Waals surface area contributed by atoms with Crippen LogP contribution >= 0.6 is 11.6 Å². The number of amides is 1. The van der Waals surface area contributed by atoms with Gasteiger partial charge in [-0.3, -0.25) is 4.79 Å². The molecule has 4 rings (SSSR count). The first-order valence-corrected chi connectivity index (χ1v) is 9.40. The molecule has 6 heteroatoms. The zero-order chi connectivity index (χ0) is 18.8. The van der Waals surface area contributed by atoms with Crippen LogP contribution < -0.4 is 10.2 Å². The fourth-order valence-electron chi connectivity index (χ4n) is 3.41. The van der Waals surface area contributed by atoms with Crippen molar-refractivity contribution in [2.75, 3.05) is 18.5 Å². The van der Waals surface area contributed by atoms with E-state index in [2.05, 4.69) is 40.6 Å². The molecule has 5 nitrogen and oxygen atoms in total. The number of carbonyl (C=O) groups excluding carboxylic acids is 1. The molecular formula is C21H21ClN4O. The van der Waals surface area contributed by atoms with Gasteiger partial charge >= 0.3 is 0 Å². The van der Waals surface area contributed by atoms with Crippen LogP contribution in [0.3, 0.4) is 0 Å². The summed E-state index contributed by atoms with van der Waals surface area (Å²) in [6, 6.07) is 13.7. The Hall–Kier alpha value is -2.79. The molecule has 1 amide bonds. The number of carbonyl (C=O) groups is 1. The molecule has 0 saturated carbocycles. The second-order valence-electron chi connectivity index (χ2n) is 6.82. The molecule has 1 aromatic heterocycles. The number of rotatable bonds is 4. The minimum absolute atomic E-state index is 0.134. The van der Waals surface area contributed by atoms with Crippen LogP contribution in [0.5, 0.6) is 0 Å². The minimum atomic E-state index is -0.134. The maximum atomic E-state index is 12.5. The van der Waals surface area contributed by atoms with Crippen molar-refractivity contribution in [3.8, 4) is 5.69 Å². The first-order chi connectivity index (χ1) is 13.1. The lowest BCUT2D eigenvalue weighted by atomic mass is 9.99. The van der Waals surface area contributed by atoms with Gasteiger partial charge in [0.05, 0.1) is 17.4 Å². The summed E-state index contributed by atoms with van der Waals surface area (Å²) < 4.78 is 1.67. The normalized spacial score (nSPS) is 13.3. The van der Waals surface area contributed by atoms with Crippen LogP contribution in [0.2, 0.25) is 5.02 Å². The van der Waals surface area contributed by atoms with Crippen molar-refractivity contribution in [3.63, 3.8) is 0 Å². The summed E-state index contributed by atoms with van der Waals surface area (Å²) >= 11 is 5.91. The highest BCUT2D eigenvalue weighted by Crippen LogP contribution is 2.26. The summed E-state index contributed by atoms with van der Waals surface area (Å²) in [6.45, 7) is 1.60. The van der Waals surface area contributed by atoms with Gasteiger partial charge in [0.1, 0.15) is 0 Å². The minimum Gasteiger partial charge on any atom is -0.374 e. The van der Waals surface area contributed by atoms with E-state index >= 15 is 0 Å². The van der Waals surface area contributed by atoms with Gasteiger partial charge < -0.3 is 10.2 Å². The number of nitrogens with one attached hydrogen (secondary N) is 1. The summed E-state index contributed by atoms with van der Waals surface area (Å²) in [6.07, 6.45) is 5.56. The van der Waals surface area contributed by atoms with Crippen molar-refractivity contribution >= 4 is 23.2 Å². The Labute approximate surface area is 163 Å². The molecule has 1 aliphatic heterocycles. The quantitative estimate of drug-likeness (QED) is 0.748. The van der Waals surface area contributed by atoms with Crippen molar-refractivity contribution in [2.24, 2.45) is 0 Å². The molecule has 0 saturated heterocycles. The van der Waals surface area contributed by atoms with Gasteiger partial charge in [-0.1, -0.05) is 23.7 Å². The van der Waals surface area contributed by atoms with Crippen LogP contribution in [-0.2, 0) is 13.0 Å². The Kier molecular flexibility index (Phi) is 4.86. The largest absolute Gasteiger partial charge is 0.374 e. The molecule has 1 N–H and O–H groups in total. The van der Waals surface area contributed by atoms with E-state index in [-0.39, 0.29) is 5.91 Å². The number of anilines is 1. The number of nitrogens with zero attached hydrogens (tertiary/aromatic N) is 3. The van der Waals surface area contributed by atoms with E-state index in [1.807, 2.05) is 12.1 Å². The second kappa shape index (κ2) is 7.45. The molecule has 138 valence electrons. The number of hydrogen-bond donors (Lipinski definition) is 1. The van der Waals surface area contributed by atoms with Gasteiger partial charge in [-0.05, 0) is 54.3 Å². The Morgan fingerprint density at radius 2 is 2.04 bits per heavy atom. The molecule has 2 heterocycles. The van der Waals surface area contributed by atoms with Crippen LogP contribution in [0.15, 0.2) is 54.9 Å². The molecule has 0 radical (unpaired) electrons. The highest BCUT2D eigenvalue weighted by Gasteiger charge is 2.14. The van der Waals surface area contributed by atoms with Gasteiger partial charge in [0.15, 0.2) is 0 Å². The van der Waals surface area contributed by atoms with Crippen LogP contribution in [0.4, 0.5) is 5.69 Å². The standard InChI is InChI=1S/C21H21ClN4O/c1-25-10-2-3-16-11-15(4-9-20(16)25)12-23-21(27)17-13-24-26(14-17)19-7-5-18(22)6-8-19/h4-9,11,13-14H,2-3,10,12H2,1H3,(H,23,27). The van der Waals surface area contributed by atoms with E-state index in [4.69, 9.17) is 11.6 Å². The number of benzene rings is 2. The first-order valence-electron chi connectivity index (χ1n) is 9.02. The van der Waals surface area contributed by atoms with E-state index < -0.39 is 0 Å². The van der Waals surface area contributed by atoms with E-state index in [1.165, 1.54) is 17.7 Å². The Morgan fingerprint density at radius 3 is 2.85 bits per heavy atom. The van der Waals surface area contributed by atoms with Gasteiger partial charge in [0.2, 0.25) is 0 Å². The van der Waals surface area contributed by atoms with Gasteiger partial charge in [-0.2, -0.15) is 5.10 Å². The topological polar surface area (TPSA) is 50.2 Å². The van der Waals surface area contributed by atoms with Crippen molar-refractivity contribution < 1.29 is 4.79 Å². The Bertz CT molecular complexity index is 965. The molecule has 0 aliphatic carbocycles. The summed E-state index contributed by atoms with van der Waals surface area (Å²) in [4.78, 5) is 14.7. The maximum absolute atomic E-state index is 12.5. The molecule has 0 atom stereocenters. The number of aromatic nitrogens is 2. The molecule has 2 aromatic carbocycles. The van der Waals surface area contributed by atoms with Crippen LogP contribution in [0.25, 0.3) is 5.69 Å². The molecule has 27 heavy (non-hydrogen) atoms. The molecule has 3 aromatic rings. The third kappa shape index (κ3) is 3.83. The predicted octanol–water partition coefficient (Wildman–Crippen LogP) is 3.84. The highest BCUT2D eigenvalue weighted by atomic mass is 35.5. The fourth-order valence-corrected chi connectivity index (χ4v) is 3.53. The average Bonchev–Trinajstić information content (AvgIpc) is 3.17. The third-order valence-electron chi connectivity index (χ3n) is 4.88. The van der Waals surface area contributed by atoms with Gasteiger partial charge in [0.25, 0.3) is 5.91 Å². The fraction of sp³-hybridized carbons (Fsp3) is 0.238. The molecule has 1 aliphatic rings. The van der Waals surface area contributed by atoms with Gasteiger partial charge in [-0.25, -0.2) is 4.68 Å².